The van der Waals surface area contributed by atoms with Crippen LogP contribution < -0.4 is 5.32 Å². The second kappa shape index (κ2) is 7.52. The number of urea groups is 1. The van der Waals surface area contributed by atoms with Crippen molar-refractivity contribution in [2.45, 2.75) is 64.5 Å². The van der Waals surface area contributed by atoms with Gasteiger partial charge in [-0.15, -0.1) is 0 Å². The Labute approximate surface area is 155 Å². The Morgan fingerprint density at radius 3 is 2.77 bits per heavy atom. The standard InChI is InChI=1S/C21H28N4O/c1-2-3-4-5-16-6-8-17(9-7-16)23-21(26)24-13-12-20-19(14-24)22-15-25(20)18-10-11-18/h6-9,15,18H,2-5,10-14H2,1H3,(H,23,26). The summed E-state index contributed by atoms with van der Waals surface area (Å²) < 4.78 is 2.32. The smallest absolute Gasteiger partial charge is 0.322 e. The molecule has 4 rings (SSSR count). The van der Waals surface area contributed by atoms with Crippen molar-refractivity contribution in [1.82, 2.24) is 14.5 Å². The Hall–Kier alpha value is -2.30. The summed E-state index contributed by atoms with van der Waals surface area (Å²) in [5, 5.41) is 3.03. The fourth-order valence-corrected chi connectivity index (χ4v) is 3.71. The molecule has 1 aromatic carbocycles. The van der Waals surface area contributed by atoms with E-state index in [4.69, 9.17) is 0 Å². The topological polar surface area (TPSA) is 50.2 Å². The Morgan fingerprint density at radius 2 is 2.04 bits per heavy atom. The molecule has 1 aliphatic heterocycles. The number of benzene rings is 1. The maximum Gasteiger partial charge on any atom is 0.322 e. The van der Waals surface area contributed by atoms with Gasteiger partial charge >= 0.3 is 6.03 Å². The van der Waals surface area contributed by atoms with Gasteiger partial charge in [0, 0.05) is 30.4 Å². The monoisotopic (exact) mass is 352 g/mol. The van der Waals surface area contributed by atoms with Gasteiger partial charge in [-0.05, 0) is 43.4 Å². The molecule has 1 fully saturated rings. The van der Waals surface area contributed by atoms with Crippen LogP contribution in [0.2, 0.25) is 0 Å². The molecule has 0 saturated heterocycles. The van der Waals surface area contributed by atoms with Crippen molar-refractivity contribution in [3.63, 3.8) is 0 Å². The molecule has 2 amide bonds. The van der Waals surface area contributed by atoms with Gasteiger partial charge < -0.3 is 14.8 Å². The van der Waals surface area contributed by atoms with E-state index in [0.29, 0.717) is 12.6 Å². The zero-order valence-corrected chi connectivity index (χ0v) is 15.6. The highest BCUT2D eigenvalue weighted by Crippen LogP contribution is 2.37. The first-order valence-corrected chi connectivity index (χ1v) is 9.94. The van der Waals surface area contributed by atoms with Gasteiger partial charge in [0.05, 0.1) is 18.6 Å². The number of hydrogen-bond acceptors (Lipinski definition) is 2. The predicted molar refractivity (Wildman–Crippen MR) is 103 cm³/mol. The van der Waals surface area contributed by atoms with Crippen LogP contribution in [0.1, 0.15) is 62.0 Å². The minimum atomic E-state index is -0.0321. The first-order valence-electron chi connectivity index (χ1n) is 9.94. The molecule has 2 aliphatic rings. The Bertz CT molecular complexity index is 761. The fourth-order valence-electron chi connectivity index (χ4n) is 3.71. The van der Waals surface area contributed by atoms with E-state index >= 15 is 0 Å². The van der Waals surface area contributed by atoms with Crippen LogP contribution in [-0.2, 0) is 19.4 Å². The number of nitrogens with zero attached hydrogens (tertiary/aromatic N) is 3. The third kappa shape index (κ3) is 3.76. The summed E-state index contributed by atoms with van der Waals surface area (Å²) in [5.41, 5.74) is 4.59. The number of fused-ring (bicyclic) bond motifs is 1. The lowest BCUT2D eigenvalue weighted by molar-refractivity contribution is 0.205. The van der Waals surface area contributed by atoms with Gasteiger partial charge in [-0.3, -0.25) is 0 Å². The van der Waals surface area contributed by atoms with E-state index in [1.807, 2.05) is 23.4 Å². The molecule has 0 unspecified atom stereocenters. The van der Waals surface area contributed by atoms with E-state index in [1.165, 1.54) is 43.4 Å². The van der Waals surface area contributed by atoms with Crippen molar-refractivity contribution in [1.29, 1.82) is 0 Å². The predicted octanol–water partition coefficient (Wildman–Crippen LogP) is 4.54. The molecule has 138 valence electrons. The highest BCUT2D eigenvalue weighted by Gasteiger charge is 2.30. The molecule has 0 bridgehead atoms. The molecule has 1 saturated carbocycles. The van der Waals surface area contributed by atoms with Gasteiger partial charge in [-0.25, -0.2) is 9.78 Å². The van der Waals surface area contributed by atoms with E-state index < -0.39 is 0 Å². The zero-order chi connectivity index (χ0) is 17.9. The molecular formula is C21H28N4O. The molecule has 0 radical (unpaired) electrons. The summed E-state index contributed by atoms with van der Waals surface area (Å²) in [5.74, 6) is 0. The van der Waals surface area contributed by atoms with Crippen molar-refractivity contribution < 1.29 is 4.79 Å². The number of carbonyl (C=O) groups is 1. The number of aryl methyl sites for hydroxylation is 1. The normalized spacial score (nSPS) is 16.4. The summed E-state index contributed by atoms with van der Waals surface area (Å²) in [4.78, 5) is 19.0. The lowest BCUT2D eigenvalue weighted by atomic mass is 10.1. The second-order valence-corrected chi connectivity index (χ2v) is 7.53. The van der Waals surface area contributed by atoms with E-state index in [2.05, 4.69) is 33.9 Å². The van der Waals surface area contributed by atoms with Crippen LogP contribution in [0.5, 0.6) is 0 Å². The van der Waals surface area contributed by atoms with Crippen LogP contribution in [0, 0.1) is 0 Å². The number of hydrogen-bond donors (Lipinski definition) is 1. The fraction of sp³-hybridized carbons (Fsp3) is 0.524. The minimum Gasteiger partial charge on any atom is -0.331 e. The number of unbranched alkanes of at least 4 members (excludes halogenated alkanes) is 2. The molecule has 1 aliphatic carbocycles. The summed E-state index contributed by atoms with van der Waals surface area (Å²) in [6, 6.07) is 8.89. The number of anilines is 1. The maximum absolute atomic E-state index is 12.6. The Kier molecular flexibility index (Phi) is 4.96. The molecule has 2 heterocycles. The molecule has 5 heteroatoms. The summed E-state index contributed by atoms with van der Waals surface area (Å²) >= 11 is 0. The summed E-state index contributed by atoms with van der Waals surface area (Å²) in [6.07, 6.45) is 10.2. The quantitative estimate of drug-likeness (QED) is 0.776. The van der Waals surface area contributed by atoms with Crippen molar-refractivity contribution in [2.24, 2.45) is 0 Å². The third-order valence-corrected chi connectivity index (χ3v) is 5.44. The van der Waals surface area contributed by atoms with E-state index in [1.54, 1.807) is 0 Å². The molecule has 2 aromatic rings. The SMILES string of the molecule is CCCCCc1ccc(NC(=O)N2CCc3c(ncn3C3CC3)C2)cc1. The van der Waals surface area contributed by atoms with E-state index in [-0.39, 0.29) is 6.03 Å². The Morgan fingerprint density at radius 1 is 1.23 bits per heavy atom. The van der Waals surface area contributed by atoms with Crippen LogP contribution in [0.15, 0.2) is 30.6 Å². The lowest BCUT2D eigenvalue weighted by Crippen LogP contribution is -2.39. The first kappa shape index (κ1) is 17.1. The number of carbonyl (C=O) groups excluding carboxylic acids is 1. The molecule has 5 nitrogen and oxygen atoms in total. The largest absolute Gasteiger partial charge is 0.331 e. The van der Waals surface area contributed by atoms with Gasteiger partial charge in [0.1, 0.15) is 0 Å². The van der Waals surface area contributed by atoms with Gasteiger partial charge in [0.25, 0.3) is 0 Å². The van der Waals surface area contributed by atoms with Crippen molar-refractivity contribution in [2.75, 3.05) is 11.9 Å². The van der Waals surface area contributed by atoms with Crippen LogP contribution in [0.3, 0.4) is 0 Å². The van der Waals surface area contributed by atoms with Crippen molar-refractivity contribution >= 4 is 11.7 Å². The van der Waals surface area contributed by atoms with Crippen LogP contribution in [-0.4, -0.2) is 27.0 Å². The van der Waals surface area contributed by atoms with Gasteiger partial charge in [-0.2, -0.15) is 0 Å². The molecule has 0 spiro atoms. The number of rotatable bonds is 6. The van der Waals surface area contributed by atoms with Crippen LogP contribution in [0.4, 0.5) is 10.5 Å². The lowest BCUT2D eigenvalue weighted by Gasteiger charge is -2.27. The Balaban J connectivity index is 1.33. The number of amides is 2. The minimum absolute atomic E-state index is 0.0321. The van der Waals surface area contributed by atoms with Crippen molar-refractivity contribution in [3.8, 4) is 0 Å². The molecule has 26 heavy (non-hydrogen) atoms. The molecule has 1 aromatic heterocycles. The second-order valence-electron chi connectivity index (χ2n) is 7.53. The zero-order valence-electron chi connectivity index (χ0n) is 15.6. The molecular weight excluding hydrogens is 324 g/mol. The number of aromatic nitrogens is 2. The average molecular weight is 352 g/mol. The number of imidazole rings is 1. The summed E-state index contributed by atoms with van der Waals surface area (Å²) in [7, 11) is 0. The highest BCUT2D eigenvalue weighted by molar-refractivity contribution is 5.89. The van der Waals surface area contributed by atoms with Gasteiger partial charge in [0.2, 0.25) is 0 Å². The average Bonchev–Trinajstić information content (AvgIpc) is 3.42. The maximum atomic E-state index is 12.6. The first-order chi connectivity index (χ1) is 12.7. The van der Waals surface area contributed by atoms with Crippen LogP contribution in [0.25, 0.3) is 0 Å². The van der Waals surface area contributed by atoms with Crippen LogP contribution >= 0.6 is 0 Å². The van der Waals surface area contributed by atoms with E-state index in [0.717, 1.165) is 30.8 Å². The molecule has 1 N–H and O–H groups in total. The highest BCUT2D eigenvalue weighted by atomic mass is 16.2. The van der Waals surface area contributed by atoms with E-state index in [9.17, 15) is 4.79 Å². The molecule has 0 atom stereocenters. The van der Waals surface area contributed by atoms with Gasteiger partial charge in [0.15, 0.2) is 0 Å². The summed E-state index contributed by atoms with van der Waals surface area (Å²) in [6.45, 7) is 3.58. The van der Waals surface area contributed by atoms with Gasteiger partial charge in [-0.1, -0.05) is 31.9 Å². The number of nitrogens with one attached hydrogen (secondary N) is 1. The van der Waals surface area contributed by atoms with Crippen molar-refractivity contribution in [3.05, 3.63) is 47.5 Å². The third-order valence-electron chi connectivity index (χ3n) is 5.44.